The first-order chi connectivity index (χ1) is 10.00. The zero-order valence-corrected chi connectivity index (χ0v) is 11.6. The fourth-order valence-corrected chi connectivity index (χ4v) is 2.50. The molecule has 1 aliphatic rings. The predicted octanol–water partition coefficient (Wildman–Crippen LogP) is 2.16. The quantitative estimate of drug-likeness (QED) is 0.938. The molecular formula is C15H15F2N3O. The van der Waals surface area contributed by atoms with Gasteiger partial charge in [-0.15, -0.1) is 0 Å². The Bertz CT molecular complexity index is 692. The van der Waals surface area contributed by atoms with Crippen LogP contribution in [-0.4, -0.2) is 22.2 Å². The first-order valence-corrected chi connectivity index (χ1v) is 6.73. The molecule has 0 spiro atoms. The normalized spacial score (nSPS) is 15.8. The van der Waals surface area contributed by atoms with Crippen molar-refractivity contribution in [3.8, 4) is 0 Å². The number of aromatic nitrogens is 2. The van der Waals surface area contributed by atoms with Gasteiger partial charge in [0.05, 0.1) is 11.8 Å². The highest BCUT2D eigenvalue weighted by Crippen LogP contribution is 2.48. The molecule has 1 heterocycles. The molecular weight excluding hydrogens is 276 g/mol. The van der Waals surface area contributed by atoms with Crippen LogP contribution in [0.3, 0.4) is 0 Å². The molecule has 1 fully saturated rings. The number of nitrogens with one attached hydrogen (secondary N) is 1. The standard InChI is InChI=1S/C15H15F2N3O/c1-20-8-10(7-19-20)14(21)18-9-15(4-5-15)12-3-2-11(16)6-13(12)17/h2-3,6-8H,4-5,9H2,1H3,(H,18,21). The van der Waals surface area contributed by atoms with Gasteiger partial charge in [-0.05, 0) is 24.5 Å². The smallest absolute Gasteiger partial charge is 0.254 e. The number of aryl methyl sites for hydroxylation is 1. The lowest BCUT2D eigenvalue weighted by molar-refractivity contribution is 0.0949. The number of hydrogen-bond donors (Lipinski definition) is 1. The molecule has 0 saturated heterocycles. The highest BCUT2D eigenvalue weighted by atomic mass is 19.1. The number of carbonyl (C=O) groups is 1. The van der Waals surface area contributed by atoms with Gasteiger partial charge in [0.2, 0.25) is 0 Å². The van der Waals surface area contributed by atoms with E-state index >= 15 is 0 Å². The third kappa shape index (κ3) is 2.66. The molecule has 1 aliphatic carbocycles. The average molecular weight is 291 g/mol. The Kier molecular flexibility index (Phi) is 3.23. The van der Waals surface area contributed by atoms with Gasteiger partial charge < -0.3 is 5.32 Å². The Morgan fingerprint density at radius 2 is 2.19 bits per heavy atom. The third-order valence-electron chi connectivity index (χ3n) is 3.91. The first kappa shape index (κ1) is 13.7. The maximum atomic E-state index is 13.9. The number of benzene rings is 1. The van der Waals surface area contributed by atoms with E-state index in [1.165, 1.54) is 18.3 Å². The number of nitrogens with zero attached hydrogens (tertiary/aromatic N) is 2. The van der Waals surface area contributed by atoms with Crippen molar-refractivity contribution in [1.82, 2.24) is 15.1 Å². The molecule has 1 amide bonds. The van der Waals surface area contributed by atoms with Crippen molar-refractivity contribution in [3.63, 3.8) is 0 Å². The van der Waals surface area contributed by atoms with E-state index in [0.29, 0.717) is 17.7 Å². The highest BCUT2D eigenvalue weighted by molar-refractivity contribution is 5.93. The highest BCUT2D eigenvalue weighted by Gasteiger charge is 2.46. The van der Waals surface area contributed by atoms with Crippen LogP contribution in [0.2, 0.25) is 0 Å². The molecule has 21 heavy (non-hydrogen) atoms. The van der Waals surface area contributed by atoms with Crippen molar-refractivity contribution in [2.24, 2.45) is 7.05 Å². The number of amides is 1. The molecule has 0 unspecified atom stereocenters. The second-order valence-electron chi connectivity index (χ2n) is 5.49. The minimum atomic E-state index is -0.591. The molecule has 1 aromatic heterocycles. The summed E-state index contributed by atoms with van der Waals surface area (Å²) >= 11 is 0. The van der Waals surface area contributed by atoms with E-state index in [-0.39, 0.29) is 5.91 Å². The minimum Gasteiger partial charge on any atom is -0.351 e. The zero-order valence-electron chi connectivity index (χ0n) is 11.6. The number of hydrogen-bond acceptors (Lipinski definition) is 2. The topological polar surface area (TPSA) is 46.9 Å². The molecule has 1 N–H and O–H groups in total. The Morgan fingerprint density at radius 3 is 2.76 bits per heavy atom. The molecule has 110 valence electrons. The second kappa shape index (κ2) is 4.95. The molecule has 1 saturated carbocycles. The fourth-order valence-electron chi connectivity index (χ4n) is 2.50. The van der Waals surface area contributed by atoms with Crippen LogP contribution in [0.25, 0.3) is 0 Å². The van der Waals surface area contributed by atoms with Gasteiger partial charge >= 0.3 is 0 Å². The third-order valence-corrected chi connectivity index (χ3v) is 3.91. The van der Waals surface area contributed by atoms with Crippen LogP contribution in [0.4, 0.5) is 8.78 Å². The number of halogens is 2. The SMILES string of the molecule is Cn1cc(C(=O)NCC2(c3ccc(F)cc3F)CC2)cn1. The van der Waals surface area contributed by atoms with Crippen molar-refractivity contribution < 1.29 is 13.6 Å². The van der Waals surface area contributed by atoms with Crippen molar-refractivity contribution in [2.75, 3.05) is 6.54 Å². The van der Waals surface area contributed by atoms with Gasteiger partial charge in [0, 0.05) is 31.3 Å². The molecule has 2 aromatic rings. The summed E-state index contributed by atoms with van der Waals surface area (Å²) in [4.78, 5) is 12.0. The van der Waals surface area contributed by atoms with E-state index in [9.17, 15) is 13.6 Å². The summed E-state index contributed by atoms with van der Waals surface area (Å²) in [5, 5.41) is 6.74. The lowest BCUT2D eigenvalue weighted by Crippen LogP contribution is -2.32. The van der Waals surface area contributed by atoms with Gasteiger partial charge in [0.15, 0.2) is 0 Å². The van der Waals surface area contributed by atoms with Crippen LogP contribution in [0.5, 0.6) is 0 Å². The molecule has 0 bridgehead atoms. The lowest BCUT2D eigenvalue weighted by atomic mass is 9.95. The Balaban J connectivity index is 1.71. The molecule has 4 nitrogen and oxygen atoms in total. The van der Waals surface area contributed by atoms with Crippen molar-refractivity contribution in [1.29, 1.82) is 0 Å². The van der Waals surface area contributed by atoms with E-state index < -0.39 is 17.0 Å². The second-order valence-corrected chi connectivity index (χ2v) is 5.49. The Labute approximate surface area is 120 Å². The van der Waals surface area contributed by atoms with Crippen molar-refractivity contribution >= 4 is 5.91 Å². The van der Waals surface area contributed by atoms with E-state index in [1.807, 2.05) is 0 Å². The summed E-state index contributed by atoms with van der Waals surface area (Å²) in [5.74, 6) is -1.38. The van der Waals surface area contributed by atoms with Gasteiger partial charge in [-0.1, -0.05) is 6.07 Å². The molecule has 0 atom stereocenters. The van der Waals surface area contributed by atoms with E-state index in [1.54, 1.807) is 17.9 Å². The Morgan fingerprint density at radius 1 is 1.43 bits per heavy atom. The van der Waals surface area contributed by atoms with Crippen LogP contribution < -0.4 is 5.32 Å². The molecule has 0 radical (unpaired) electrons. The van der Waals surface area contributed by atoms with Crippen molar-refractivity contribution in [3.05, 3.63) is 53.4 Å². The van der Waals surface area contributed by atoms with Crippen LogP contribution in [0.15, 0.2) is 30.6 Å². The minimum absolute atomic E-state index is 0.239. The van der Waals surface area contributed by atoms with Crippen LogP contribution in [0.1, 0.15) is 28.8 Å². The number of carbonyl (C=O) groups excluding carboxylic acids is 1. The molecule has 3 rings (SSSR count). The van der Waals surface area contributed by atoms with Gasteiger partial charge in [0.1, 0.15) is 11.6 Å². The summed E-state index contributed by atoms with van der Waals surface area (Å²) in [6.07, 6.45) is 4.66. The van der Waals surface area contributed by atoms with Gasteiger partial charge in [0.25, 0.3) is 5.91 Å². The summed E-state index contributed by atoms with van der Waals surface area (Å²) in [5.41, 5.74) is 0.526. The van der Waals surface area contributed by atoms with Crippen molar-refractivity contribution in [2.45, 2.75) is 18.3 Å². The maximum absolute atomic E-state index is 13.9. The summed E-state index contributed by atoms with van der Waals surface area (Å²) in [6.45, 7) is 0.337. The molecule has 6 heteroatoms. The summed E-state index contributed by atoms with van der Waals surface area (Å²) in [7, 11) is 1.73. The Hall–Kier alpha value is -2.24. The van der Waals surface area contributed by atoms with Gasteiger partial charge in [-0.25, -0.2) is 8.78 Å². The average Bonchev–Trinajstić information content (AvgIpc) is 3.09. The largest absolute Gasteiger partial charge is 0.351 e. The van der Waals surface area contributed by atoms with Crippen LogP contribution in [0, 0.1) is 11.6 Å². The summed E-state index contributed by atoms with van der Waals surface area (Å²) < 4.78 is 28.4. The fraction of sp³-hybridized carbons (Fsp3) is 0.333. The van der Waals surface area contributed by atoms with Gasteiger partial charge in [-0.3, -0.25) is 9.48 Å². The molecule has 0 aliphatic heterocycles. The van der Waals surface area contributed by atoms with E-state index in [0.717, 1.165) is 18.9 Å². The van der Waals surface area contributed by atoms with Crippen LogP contribution >= 0.6 is 0 Å². The van der Waals surface area contributed by atoms with E-state index in [2.05, 4.69) is 10.4 Å². The predicted molar refractivity (Wildman–Crippen MR) is 72.8 cm³/mol. The first-order valence-electron chi connectivity index (χ1n) is 6.73. The maximum Gasteiger partial charge on any atom is 0.254 e. The zero-order chi connectivity index (χ0) is 15.0. The lowest BCUT2D eigenvalue weighted by Gasteiger charge is -2.17. The monoisotopic (exact) mass is 291 g/mol. The molecule has 1 aromatic carbocycles. The van der Waals surface area contributed by atoms with Gasteiger partial charge in [-0.2, -0.15) is 5.10 Å². The van der Waals surface area contributed by atoms with E-state index in [4.69, 9.17) is 0 Å². The summed E-state index contributed by atoms with van der Waals surface area (Å²) in [6, 6.07) is 3.60. The number of rotatable bonds is 4. The van der Waals surface area contributed by atoms with Crippen LogP contribution in [-0.2, 0) is 12.5 Å².